The minimum atomic E-state index is 0.553. The second kappa shape index (κ2) is 5.66. The number of benzene rings is 1. The number of fused-ring (bicyclic) bond motifs is 2. The Morgan fingerprint density at radius 2 is 2.19 bits per heavy atom. The van der Waals surface area contributed by atoms with Crippen molar-refractivity contribution in [3.8, 4) is 0 Å². The molecule has 1 aromatic heterocycles. The van der Waals surface area contributed by atoms with Crippen molar-refractivity contribution in [1.82, 2.24) is 9.88 Å². The molecular formula is C16H19N3OS. The number of nitrogens with zero attached hydrogens (tertiary/aromatic N) is 2. The minimum Gasteiger partial charge on any atom is -0.383 e. The van der Waals surface area contributed by atoms with Gasteiger partial charge in [-0.2, -0.15) is 0 Å². The van der Waals surface area contributed by atoms with Gasteiger partial charge in [-0.3, -0.25) is 5.41 Å². The number of pyridine rings is 1. The van der Waals surface area contributed by atoms with Gasteiger partial charge in [0.2, 0.25) is 0 Å². The van der Waals surface area contributed by atoms with Gasteiger partial charge >= 0.3 is 0 Å². The van der Waals surface area contributed by atoms with Crippen LogP contribution in [0.15, 0.2) is 23.2 Å². The molecule has 3 rings (SSSR count). The summed E-state index contributed by atoms with van der Waals surface area (Å²) in [5.74, 6) is 0. The highest BCUT2D eigenvalue weighted by atomic mass is 32.2. The molecule has 0 aliphatic carbocycles. The van der Waals surface area contributed by atoms with Gasteiger partial charge in [-0.25, -0.2) is 4.98 Å². The fourth-order valence-electron chi connectivity index (χ4n) is 2.53. The third kappa shape index (κ3) is 2.63. The van der Waals surface area contributed by atoms with Crippen molar-refractivity contribution >= 4 is 27.8 Å². The summed E-state index contributed by atoms with van der Waals surface area (Å²) < 4.78 is 5.12. The standard InChI is InChI=1S/C16H19N3OS/c1-10-4-5-12-8-13-9-19(6-7-20-3)16(17)21-15(13)18-14(12)11(10)2/h4-5,8,17H,6-7,9H2,1-3H3. The van der Waals surface area contributed by atoms with Crippen LogP contribution in [0.4, 0.5) is 0 Å². The third-order valence-corrected chi connectivity index (χ3v) is 4.96. The number of hydrogen-bond acceptors (Lipinski definition) is 4. The highest BCUT2D eigenvalue weighted by Crippen LogP contribution is 2.33. The van der Waals surface area contributed by atoms with Crippen LogP contribution in [-0.4, -0.2) is 35.3 Å². The van der Waals surface area contributed by atoms with Gasteiger partial charge in [0.25, 0.3) is 0 Å². The Morgan fingerprint density at radius 1 is 1.38 bits per heavy atom. The lowest BCUT2D eigenvalue weighted by atomic mass is 10.0. The second-order valence-corrected chi connectivity index (χ2v) is 6.33. The minimum absolute atomic E-state index is 0.553. The van der Waals surface area contributed by atoms with E-state index in [0.717, 1.165) is 23.6 Å². The molecule has 0 spiro atoms. The number of nitrogens with one attached hydrogen (secondary N) is 1. The lowest BCUT2D eigenvalue weighted by Gasteiger charge is -2.29. The smallest absolute Gasteiger partial charge is 0.163 e. The largest absolute Gasteiger partial charge is 0.383 e. The Labute approximate surface area is 129 Å². The second-order valence-electron chi connectivity index (χ2n) is 5.35. The fourth-order valence-corrected chi connectivity index (χ4v) is 3.39. The maximum absolute atomic E-state index is 8.15. The molecule has 0 atom stereocenters. The van der Waals surface area contributed by atoms with Gasteiger partial charge < -0.3 is 9.64 Å². The Kier molecular flexibility index (Phi) is 3.87. The monoisotopic (exact) mass is 301 g/mol. The topological polar surface area (TPSA) is 49.2 Å². The van der Waals surface area contributed by atoms with Crippen molar-refractivity contribution in [3.63, 3.8) is 0 Å². The highest BCUT2D eigenvalue weighted by Gasteiger charge is 2.23. The molecule has 1 aliphatic rings. The quantitative estimate of drug-likeness (QED) is 0.944. The number of ether oxygens (including phenoxy) is 1. The SMILES string of the molecule is COCCN1Cc2cc3ccc(C)c(C)c3nc2SC1=N. The number of amidine groups is 1. The van der Waals surface area contributed by atoms with E-state index in [0.29, 0.717) is 11.8 Å². The normalized spacial score (nSPS) is 14.6. The van der Waals surface area contributed by atoms with Gasteiger partial charge in [0.05, 0.1) is 12.1 Å². The number of thioether (sulfide) groups is 1. The van der Waals surface area contributed by atoms with Crippen LogP contribution in [0.2, 0.25) is 0 Å². The number of aromatic nitrogens is 1. The van der Waals surface area contributed by atoms with Gasteiger partial charge in [0, 0.05) is 31.1 Å². The van der Waals surface area contributed by atoms with Gasteiger partial charge in [0.1, 0.15) is 5.03 Å². The van der Waals surface area contributed by atoms with Crippen LogP contribution in [0.3, 0.4) is 0 Å². The summed E-state index contributed by atoms with van der Waals surface area (Å²) in [7, 11) is 1.69. The van der Waals surface area contributed by atoms with E-state index in [9.17, 15) is 0 Å². The average Bonchev–Trinajstić information content (AvgIpc) is 2.48. The summed E-state index contributed by atoms with van der Waals surface area (Å²) in [5.41, 5.74) is 4.74. The summed E-state index contributed by atoms with van der Waals surface area (Å²) >= 11 is 1.44. The maximum atomic E-state index is 8.15. The zero-order valence-electron chi connectivity index (χ0n) is 12.6. The van der Waals surface area contributed by atoms with E-state index in [2.05, 4.69) is 32.0 Å². The van der Waals surface area contributed by atoms with Crippen LogP contribution in [0.1, 0.15) is 16.7 Å². The Balaban J connectivity index is 2.01. The van der Waals surface area contributed by atoms with E-state index in [1.165, 1.54) is 33.8 Å². The van der Waals surface area contributed by atoms with Crippen molar-refractivity contribution in [1.29, 1.82) is 5.41 Å². The molecule has 0 saturated heterocycles. The lowest BCUT2D eigenvalue weighted by Crippen LogP contribution is -2.34. The van der Waals surface area contributed by atoms with Crippen LogP contribution in [0.25, 0.3) is 10.9 Å². The van der Waals surface area contributed by atoms with Crippen molar-refractivity contribution < 1.29 is 4.74 Å². The van der Waals surface area contributed by atoms with Gasteiger partial charge in [0.15, 0.2) is 5.17 Å². The van der Waals surface area contributed by atoms with Gasteiger partial charge in [-0.05, 0) is 42.8 Å². The fraction of sp³-hybridized carbons (Fsp3) is 0.375. The first kappa shape index (κ1) is 14.4. The molecule has 4 nitrogen and oxygen atoms in total. The van der Waals surface area contributed by atoms with Crippen molar-refractivity contribution in [2.75, 3.05) is 20.3 Å². The Morgan fingerprint density at radius 3 is 2.95 bits per heavy atom. The predicted octanol–water partition coefficient (Wildman–Crippen LogP) is 3.34. The number of aryl methyl sites for hydroxylation is 2. The van der Waals surface area contributed by atoms with E-state index in [1.54, 1.807) is 7.11 Å². The van der Waals surface area contributed by atoms with Crippen LogP contribution in [-0.2, 0) is 11.3 Å². The molecule has 0 radical (unpaired) electrons. The molecule has 21 heavy (non-hydrogen) atoms. The van der Waals surface area contributed by atoms with Crippen LogP contribution >= 0.6 is 11.8 Å². The summed E-state index contributed by atoms with van der Waals surface area (Å²) in [4.78, 5) is 6.84. The molecule has 2 aromatic rings. The number of methoxy groups -OCH3 is 1. The molecule has 0 amide bonds. The molecule has 0 unspecified atom stereocenters. The molecule has 0 bridgehead atoms. The van der Waals surface area contributed by atoms with Gasteiger partial charge in [-0.1, -0.05) is 12.1 Å². The van der Waals surface area contributed by atoms with Crippen LogP contribution in [0, 0.1) is 19.3 Å². The summed E-state index contributed by atoms with van der Waals surface area (Å²) in [6, 6.07) is 6.49. The number of rotatable bonds is 3. The molecule has 5 heteroatoms. The molecule has 1 aliphatic heterocycles. The van der Waals surface area contributed by atoms with Crippen molar-refractivity contribution in [2.45, 2.75) is 25.4 Å². The van der Waals surface area contributed by atoms with E-state index < -0.39 is 0 Å². The molecule has 0 fully saturated rings. The first-order valence-electron chi connectivity index (χ1n) is 7.00. The average molecular weight is 301 g/mol. The van der Waals surface area contributed by atoms with Crippen molar-refractivity contribution in [2.24, 2.45) is 0 Å². The summed E-state index contributed by atoms with van der Waals surface area (Å²) in [5, 5.41) is 10.9. The molecule has 1 N–H and O–H groups in total. The van der Waals surface area contributed by atoms with Crippen molar-refractivity contribution in [3.05, 3.63) is 34.9 Å². The maximum Gasteiger partial charge on any atom is 0.163 e. The molecule has 2 heterocycles. The van der Waals surface area contributed by atoms with E-state index in [4.69, 9.17) is 15.1 Å². The highest BCUT2D eigenvalue weighted by molar-refractivity contribution is 8.13. The summed E-state index contributed by atoms with van der Waals surface area (Å²) in [6.07, 6.45) is 0. The number of hydrogen-bond donors (Lipinski definition) is 1. The molecule has 1 aromatic carbocycles. The first-order chi connectivity index (χ1) is 10.1. The van der Waals surface area contributed by atoms with Gasteiger partial charge in [-0.15, -0.1) is 0 Å². The molecule has 110 valence electrons. The predicted molar refractivity (Wildman–Crippen MR) is 87.1 cm³/mol. The van der Waals surface area contributed by atoms with E-state index in [1.807, 2.05) is 4.90 Å². The summed E-state index contributed by atoms with van der Waals surface area (Å²) in [6.45, 7) is 6.34. The molecular weight excluding hydrogens is 282 g/mol. The van der Waals surface area contributed by atoms with Crippen LogP contribution < -0.4 is 0 Å². The van der Waals surface area contributed by atoms with Crippen LogP contribution in [0.5, 0.6) is 0 Å². The zero-order valence-corrected chi connectivity index (χ0v) is 13.4. The Bertz CT molecular complexity index is 714. The Hall–Kier alpha value is -1.59. The molecule has 0 saturated carbocycles. The first-order valence-corrected chi connectivity index (χ1v) is 7.82. The zero-order chi connectivity index (χ0) is 15.0. The van der Waals surface area contributed by atoms with E-state index >= 15 is 0 Å². The van der Waals surface area contributed by atoms with E-state index in [-0.39, 0.29) is 0 Å². The lowest BCUT2D eigenvalue weighted by molar-refractivity contribution is 0.174. The third-order valence-electron chi connectivity index (χ3n) is 3.96.